The van der Waals surface area contributed by atoms with Gasteiger partial charge < -0.3 is 9.73 Å². The van der Waals surface area contributed by atoms with Crippen LogP contribution < -0.4 is 10.5 Å². The van der Waals surface area contributed by atoms with Gasteiger partial charge in [0.1, 0.15) is 5.52 Å². The van der Waals surface area contributed by atoms with E-state index in [9.17, 15) is 8.42 Å². The molecule has 2 aromatic carbocycles. The van der Waals surface area contributed by atoms with E-state index >= 15 is 0 Å². The van der Waals surface area contributed by atoms with Crippen LogP contribution in [0.3, 0.4) is 0 Å². The lowest BCUT2D eigenvalue weighted by Crippen LogP contribution is -2.14. The molecule has 3 N–H and O–H groups in total. The number of nitrogens with two attached hydrogens (primary N) is 1. The first-order valence-electron chi connectivity index (χ1n) is 7.22. The van der Waals surface area contributed by atoms with E-state index in [2.05, 4.69) is 10.3 Å². The fourth-order valence-corrected chi connectivity index (χ4v) is 2.98. The van der Waals surface area contributed by atoms with Crippen LogP contribution in [0.25, 0.3) is 11.1 Å². The van der Waals surface area contributed by atoms with E-state index in [1.807, 2.05) is 37.3 Å². The van der Waals surface area contributed by atoms with Crippen molar-refractivity contribution in [1.82, 2.24) is 4.98 Å². The summed E-state index contributed by atoms with van der Waals surface area (Å²) >= 11 is 0. The summed E-state index contributed by atoms with van der Waals surface area (Å²) in [5.41, 5.74) is 2.27. The molecule has 0 saturated heterocycles. The maximum Gasteiger partial charge on any atom is 0.296 e. The van der Waals surface area contributed by atoms with E-state index < -0.39 is 10.0 Å². The zero-order chi connectivity index (χ0) is 16.4. The number of hydrogen-bond acceptors (Lipinski definition) is 5. The number of nitrogens with zero attached hydrogens (tertiary/aromatic N) is 1. The van der Waals surface area contributed by atoms with Gasteiger partial charge in [0.05, 0.1) is 10.9 Å². The Kier molecular flexibility index (Phi) is 4.06. The molecule has 3 rings (SSSR count). The summed E-state index contributed by atoms with van der Waals surface area (Å²) in [5.74, 6) is 0. The van der Waals surface area contributed by atoms with Crippen molar-refractivity contribution < 1.29 is 12.8 Å². The molecule has 1 aromatic heterocycles. The van der Waals surface area contributed by atoms with Crippen LogP contribution in [0.4, 0.5) is 6.01 Å². The minimum absolute atomic E-state index is 0.0906. The van der Waals surface area contributed by atoms with Crippen LogP contribution in [0.15, 0.2) is 57.8 Å². The van der Waals surface area contributed by atoms with Gasteiger partial charge in [-0.15, -0.1) is 0 Å². The second kappa shape index (κ2) is 6.02. The molecular weight excluding hydrogens is 314 g/mol. The number of primary sulfonamides is 1. The van der Waals surface area contributed by atoms with Gasteiger partial charge in [-0.05, 0) is 36.2 Å². The van der Waals surface area contributed by atoms with Crippen LogP contribution in [0, 0.1) is 0 Å². The van der Waals surface area contributed by atoms with Crippen LogP contribution in [0.2, 0.25) is 0 Å². The molecule has 0 fully saturated rings. The van der Waals surface area contributed by atoms with Gasteiger partial charge in [-0.25, -0.2) is 13.6 Å². The molecule has 1 atom stereocenters. The molecule has 0 aliphatic heterocycles. The normalized spacial score (nSPS) is 13.1. The van der Waals surface area contributed by atoms with Crippen molar-refractivity contribution in [2.24, 2.45) is 5.14 Å². The van der Waals surface area contributed by atoms with E-state index in [1.165, 1.54) is 6.07 Å². The molecule has 7 heteroatoms. The lowest BCUT2D eigenvalue weighted by molar-refractivity contribution is 0.591. The highest BCUT2D eigenvalue weighted by atomic mass is 32.2. The summed E-state index contributed by atoms with van der Waals surface area (Å²) in [5, 5.41) is 8.39. The minimum atomic E-state index is -3.73. The highest BCUT2D eigenvalue weighted by Gasteiger charge is 2.16. The Morgan fingerprint density at radius 1 is 1.22 bits per heavy atom. The Balaban J connectivity index is 1.90. The maximum absolute atomic E-state index is 11.5. The Hall–Kier alpha value is -2.38. The Morgan fingerprint density at radius 3 is 2.70 bits per heavy atom. The molecule has 1 heterocycles. The molecule has 0 bridgehead atoms. The first-order chi connectivity index (χ1) is 11.0. The topological polar surface area (TPSA) is 98.2 Å². The SMILES string of the molecule is CC[C@@H](Nc1nc2ccccc2o1)c1cccc(S(N)(=O)=O)c1. The first-order valence-corrected chi connectivity index (χ1v) is 8.77. The first kappa shape index (κ1) is 15.5. The largest absolute Gasteiger partial charge is 0.424 e. The van der Waals surface area contributed by atoms with Crippen molar-refractivity contribution in [2.75, 3.05) is 5.32 Å². The molecule has 3 aromatic rings. The summed E-state index contributed by atoms with van der Waals surface area (Å²) in [7, 11) is -3.73. The quantitative estimate of drug-likeness (QED) is 0.749. The Labute approximate surface area is 134 Å². The third kappa shape index (κ3) is 3.35. The van der Waals surface area contributed by atoms with Crippen molar-refractivity contribution in [3.63, 3.8) is 0 Å². The number of nitrogens with one attached hydrogen (secondary N) is 1. The van der Waals surface area contributed by atoms with E-state index in [4.69, 9.17) is 9.56 Å². The van der Waals surface area contributed by atoms with Crippen LogP contribution in [0.5, 0.6) is 0 Å². The van der Waals surface area contributed by atoms with Gasteiger partial charge in [0.25, 0.3) is 6.01 Å². The van der Waals surface area contributed by atoms with Gasteiger partial charge in [0.15, 0.2) is 5.58 Å². The Bertz CT molecular complexity index is 901. The predicted octanol–water partition coefficient (Wildman–Crippen LogP) is 3.04. The lowest BCUT2D eigenvalue weighted by atomic mass is 10.1. The number of rotatable bonds is 5. The van der Waals surface area contributed by atoms with Crippen LogP contribution in [-0.2, 0) is 10.0 Å². The van der Waals surface area contributed by atoms with Gasteiger partial charge in [-0.2, -0.15) is 4.98 Å². The van der Waals surface area contributed by atoms with Crippen molar-refractivity contribution >= 4 is 27.1 Å². The monoisotopic (exact) mass is 331 g/mol. The van der Waals surface area contributed by atoms with E-state index in [0.717, 1.165) is 17.5 Å². The zero-order valence-electron chi connectivity index (χ0n) is 12.6. The minimum Gasteiger partial charge on any atom is -0.424 e. The number of anilines is 1. The van der Waals surface area contributed by atoms with Crippen LogP contribution >= 0.6 is 0 Å². The molecular formula is C16H17N3O3S. The third-order valence-electron chi connectivity index (χ3n) is 3.59. The van der Waals surface area contributed by atoms with Gasteiger partial charge in [-0.3, -0.25) is 0 Å². The van der Waals surface area contributed by atoms with E-state index in [1.54, 1.807) is 12.1 Å². The standard InChI is InChI=1S/C16H17N3O3S/c1-2-13(11-6-5-7-12(10-11)23(17,20)21)18-16-19-14-8-3-4-9-15(14)22-16/h3-10,13H,2H2,1H3,(H,18,19)(H2,17,20,21)/t13-/m1/s1. The number of fused-ring (bicyclic) bond motifs is 1. The number of aromatic nitrogens is 1. The summed E-state index contributed by atoms with van der Waals surface area (Å²) in [6, 6.07) is 14.3. The third-order valence-corrected chi connectivity index (χ3v) is 4.50. The van der Waals surface area contributed by atoms with Crippen molar-refractivity contribution in [3.05, 3.63) is 54.1 Å². The summed E-state index contributed by atoms with van der Waals surface area (Å²) in [4.78, 5) is 4.47. The number of para-hydroxylation sites is 2. The lowest BCUT2D eigenvalue weighted by Gasteiger charge is -2.16. The van der Waals surface area contributed by atoms with Crippen molar-refractivity contribution in [3.8, 4) is 0 Å². The van der Waals surface area contributed by atoms with Gasteiger partial charge in [0, 0.05) is 0 Å². The predicted molar refractivity (Wildman–Crippen MR) is 88.5 cm³/mol. The average molecular weight is 331 g/mol. The number of hydrogen-bond donors (Lipinski definition) is 2. The molecule has 0 amide bonds. The van der Waals surface area contributed by atoms with Crippen molar-refractivity contribution in [1.29, 1.82) is 0 Å². The second-order valence-corrected chi connectivity index (χ2v) is 6.77. The fourth-order valence-electron chi connectivity index (χ4n) is 2.41. The number of sulfonamides is 1. The fraction of sp³-hybridized carbons (Fsp3) is 0.188. The van der Waals surface area contributed by atoms with E-state index in [-0.39, 0.29) is 10.9 Å². The molecule has 0 radical (unpaired) electrons. The molecule has 120 valence electrons. The molecule has 23 heavy (non-hydrogen) atoms. The van der Waals surface area contributed by atoms with Gasteiger partial charge in [-0.1, -0.05) is 31.2 Å². The second-order valence-electron chi connectivity index (χ2n) is 5.21. The van der Waals surface area contributed by atoms with Crippen LogP contribution in [-0.4, -0.2) is 13.4 Å². The summed E-state index contributed by atoms with van der Waals surface area (Å²) in [6.45, 7) is 1.99. The highest BCUT2D eigenvalue weighted by Crippen LogP contribution is 2.26. The average Bonchev–Trinajstić information content (AvgIpc) is 2.94. The molecule has 0 spiro atoms. The Morgan fingerprint density at radius 2 is 2.00 bits per heavy atom. The summed E-state index contributed by atoms with van der Waals surface area (Å²) < 4.78 is 28.7. The highest BCUT2D eigenvalue weighted by molar-refractivity contribution is 7.89. The molecule has 0 aliphatic carbocycles. The van der Waals surface area contributed by atoms with Gasteiger partial charge >= 0.3 is 0 Å². The molecule has 0 aliphatic rings. The number of oxazole rings is 1. The molecule has 0 unspecified atom stereocenters. The van der Waals surface area contributed by atoms with E-state index in [0.29, 0.717) is 11.6 Å². The number of benzene rings is 2. The van der Waals surface area contributed by atoms with Crippen molar-refractivity contribution in [2.45, 2.75) is 24.3 Å². The van der Waals surface area contributed by atoms with Gasteiger partial charge in [0.2, 0.25) is 10.0 Å². The maximum atomic E-state index is 11.5. The summed E-state index contributed by atoms with van der Waals surface area (Å²) in [6.07, 6.45) is 0.729. The molecule has 6 nitrogen and oxygen atoms in total. The zero-order valence-corrected chi connectivity index (χ0v) is 13.4. The smallest absolute Gasteiger partial charge is 0.296 e. The van der Waals surface area contributed by atoms with Crippen LogP contribution in [0.1, 0.15) is 24.9 Å². The molecule has 0 saturated carbocycles.